The number of benzene rings is 3. The molecular weight excluding hydrogens is 452 g/mol. The van der Waals surface area contributed by atoms with Crippen LogP contribution in [0.15, 0.2) is 72.8 Å². The Morgan fingerprint density at radius 1 is 0.944 bits per heavy atom. The van der Waals surface area contributed by atoms with Crippen LogP contribution in [0.1, 0.15) is 71.5 Å². The number of rotatable bonds is 13. The maximum Gasteiger partial charge on any atom is 0.251 e. The Labute approximate surface area is 213 Å². The molecule has 0 saturated heterocycles. The van der Waals surface area contributed by atoms with E-state index >= 15 is 0 Å². The highest BCUT2D eigenvalue weighted by atomic mass is 16.5. The van der Waals surface area contributed by atoms with Gasteiger partial charge in [0.05, 0.1) is 13.0 Å². The van der Waals surface area contributed by atoms with E-state index in [1.165, 1.54) is 0 Å². The number of carbonyl (C=O) groups excluding carboxylic acids is 2. The first-order valence-electron chi connectivity index (χ1n) is 12.4. The zero-order valence-electron chi connectivity index (χ0n) is 21.3. The summed E-state index contributed by atoms with van der Waals surface area (Å²) in [5, 5.41) is 2.67. The lowest BCUT2D eigenvalue weighted by atomic mass is 9.76. The molecule has 2 unspecified atom stereocenters. The molecule has 190 valence electrons. The molecule has 0 fully saturated rings. The SMILES string of the molecule is CCCCCC(c1ccc(OCc2ccccc2)cc1OC)C(C(N)=O)c1ccccc1C(=O)NC. The van der Waals surface area contributed by atoms with E-state index in [9.17, 15) is 9.59 Å². The van der Waals surface area contributed by atoms with Crippen molar-refractivity contribution in [2.24, 2.45) is 5.73 Å². The van der Waals surface area contributed by atoms with Crippen molar-refractivity contribution < 1.29 is 19.1 Å². The quantitative estimate of drug-likeness (QED) is 0.308. The minimum atomic E-state index is -0.694. The molecule has 3 N–H and O–H groups in total. The molecular formula is C30H36N2O4. The fourth-order valence-electron chi connectivity index (χ4n) is 4.62. The number of hydrogen-bond donors (Lipinski definition) is 2. The Bertz CT molecular complexity index is 1150. The Morgan fingerprint density at radius 3 is 2.33 bits per heavy atom. The number of ether oxygens (including phenoxy) is 2. The van der Waals surface area contributed by atoms with Gasteiger partial charge in [-0.15, -0.1) is 0 Å². The van der Waals surface area contributed by atoms with Crippen molar-refractivity contribution in [2.45, 2.75) is 51.0 Å². The van der Waals surface area contributed by atoms with Crippen LogP contribution in [0.25, 0.3) is 0 Å². The summed E-state index contributed by atoms with van der Waals surface area (Å²) in [4.78, 5) is 25.6. The second-order valence-electron chi connectivity index (χ2n) is 8.83. The first-order chi connectivity index (χ1) is 17.5. The monoisotopic (exact) mass is 488 g/mol. The van der Waals surface area contributed by atoms with Gasteiger partial charge in [-0.3, -0.25) is 9.59 Å². The molecule has 0 heterocycles. The smallest absolute Gasteiger partial charge is 0.251 e. The molecule has 3 aromatic rings. The average Bonchev–Trinajstić information content (AvgIpc) is 2.91. The third-order valence-corrected chi connectivity index (χ3v) is 6.45. The number of primary amides is 1. The van der Waals surface area contributed by atoms with E-state index in [1.54, 1.807) is 26.3 Å². The largest absolute Gasteiger partial charge is 0.496 e. The van der Waals surface area contributed by atoms with Crippen LogP contribution in [-0.2, 0) is 11.4 Å². The third kappa shape index (κ3) is 6.66. The zero-order valence-corrected chi connectivity index (χ0v) is 21.3. The van der Waals surface area contributed by atoms with Gasteiger partial charge in [0.25, 0.3) is 5.91 Å². The molecule has 0 aliphatic rings. The standard InChI is InChI=1S/C30H36N2O4/c1-4-5-7-14-24(28(29(31)33)25-15-10-11-16-26(25)30(34)32-2)23-18-17-22(19-27(23)35-3)36-20-21-12-8-6-9-13-21/h6,8-13,15-19,24,28H,4-5,7,14,20H2,1-3H3,(H2,31,33)(H,32,34). The molecule has 0 aliphatic carbocycles. The van der Waals surface area contributed by atoms with Gasteiger partial charge in [-0.1, -0.05) is 80.8 Å². The van der Waals surface area contributed by atoms with Crippen molar-refractivity contribution in [1.82, 2.24) is 5.32 Å². The summed E-state index contributed by atoms with van der Waals surface area (Å²) >= 11 is 0. The van der Waals surface area contributed by atoms with Gasteiger partial charge in [-0.05, 0) is 35.2 Å². The van der Waals surface area contributed by atoms with Crippen molar-refractivity contribution in [1.29, 1.82) is 0 Å². The van der Waals surface area contributed by atoms with Crippen LogP contribution < -0.4 is 20.5 Å². The summed E-state index contributed by atoms with van der Waals surface area (Å²) in [6.07, 6.45) is 3.72. The summed E-state index contributed by atoms with van der Waals surface area (Å²) in [6, 6.07) is 22.8. The van der Waals surface area contributed by atoms with Gasteiger partial charge in [-0.2, -0.15) is 0 Å². The minimum absolute atomic E-state index is 0.249. The minimum Gasteiger partial charge on any atom is -0.496 e. The number of nitrogens with one attached hydrogen (secondary N) is 1. The topological polar surface area (TPSA) is 90.7 Å². The summed E-state index contributed by atoms with van der Waals surface area (Å²) in [7, 11) is 3.19. The van der Waals surface area contributed by atoms with Crippen LogP contribution in [0.4, 0.5) is 0 Å². The molecule has 6 heteroatoms. The van der Waals surface area contributed by atoms with Gasteiger partial charge in [0.1, 0.15) is 18.1 Å². The molecule has 36 heavy (non-hydrogen) atoms. The van der Waals surface area contributed by atoms with Crippen molar-refractivity contribution in [3.05, 3.63) is 95.1 Å². The molecule has 6 nitrogen and oxygen atoms in total. The number of unbranched alkanes of at least 4 members (excludes halogenated alkanes) is 2. The lowest BCUT2D eigenvalue weighted by Gasteiger charge is -2.28. The molecule has 0 aliphatic heterocycles. The summed E-state index contributed by atoms with van der Waals surface area (Å²) in [6.45, 7) is 2.58. The van der Waals surface area contributed by atoms with E-state index in [2.05, 4.69) is 12.2 Å². The van der Waals surface area contributed by atoms with Crippen LogP contribution in [-0.4, -0.2) is 26.0 Å². The van der Waals surface area contributed by atoms with Crippen LogP contribution in [0.2, 0.25) is 0 Å². The highest BCUT2D eigenvalue weighted by molar-refractivity contribution is 5.98. The fourth-order valence-corrected chi connectivity index (χ4v) is 4.62. The van der Waals surface area contributed by atoms with E-state index in [4.69, 9.17) is 15.2 Å². The number of amides is 2. The first kappa shape index (κ1) is 26.8. The molecule has 3 aromatic carbocycles. The van der Waals surface area contributed by atoms with Crippen molar-refractivity contribution in [3.8, 4) is 11.5 Å². The van der Waals surface area contributed by atoms with Gasteiger partial charge in [0.15, 0.2) is 0 Å². The highest BCUT2D eigenvalue weighted by Crippen LogP contribution is 2.43. The third-order valence-electron chi connectivity index (χ3n) is 6.45. The van der Waals surface area contributed by atoms with Crippen LogP contribution >= 0.6 is 0 Å². The summed E-state index contributed by atoms with van der Waals surface area (Å²) in [5.74, 6) is -0.378. The number of nitrogens with two attached hydrogens (primary N) is 1. The molecule has 0 aromatic heterocycles. The first-order valence-corrected chi connectivity index (χ1v) is 12.4. The second kappa shape index (κ2) is 13.3. The molecule has 2 atom stereocenters. The number of carbonyl (C=O) groups is 2. The van der Waals surface area contributed by atoms with Crippen molar-refractivity contribution in [2.75, 3.05) is 14.2 Å². The molecule has 0 bridgehead atoms. The maximum absolute atomic E-state index is 13.0. The lowest BCUT2D eigenvalue weighted by molar-refractivity contribution is -0.120. The molecule has 3 rings (SSSR count). The van der Waals surface area contributed by atoms with Crippen LogP contribution in [0, 0.1) is 0 Å². The Balaban J connectivity index is 2.01. The fraction of sp³-hybridized carbons (Fsp3) is 0.333. The van der Waals surface area contributed by atoms with E-state index in [0.717, 1.165) is 36.8 Å². The van der Waals surface area contributed by atoms with Gasteiger partial charge in [0.2, 0.25) is 5.91 Å². The van der Waals surface area contributed by atoms with E-state index < -0.39 is 11.8 Å². The van der Waals surface area contributed by atoms with E-state index in [-0.39, 0.29) is 11.8 Å². The average molecular weight is 489 g/mol. The lowest BCUT2D eigenvalue weighted by Crippen LogP contribution is -2.30. The summed E-state index contributed by atoms with van der Waals surface area (Å²) in [5.41, 5.74) is 9.03. The number of methoxy groups -OCH3 is 1. The highest BCUT2D eigenvalue weighted by Gasteiger charge is 2.33. The second-order valence-corrected chi connectivity index (χ2v) is 8.83. The Morgan fingerprint density at radius 2 is 1.67 bits per heavy atom. The van der Waals surface area contributed by atoms with E-state index in [1.807, 2.05) is 60.7 Å². The maximum atomic E-state index is 13.0. The predicted octanol–water partition coefficient (Wildman–Crippen LogP) is 5.57. The van der Waals surface area contributed by atoms with Crippen LogP contribution in [0.3, 0.4) is 0 Å². The predicted molar refractivity (Wildman–Crippen MR) is 142 cm³/mol. The normalized spacial score (nSPS) is 12.4. The van der Waals surface area contributed by atoms with Crippen molar-refractivity contribution in [3.63, 3.8) is 0 Å². The Kier molecular flexibility index (Phi) is 9.92. The van der Waals surface area contributed by atoms with E-state index in [0.29, 0.717) is 29.2 Å². The van der Waals surface area contributed by atoms with Gasteiger partial charge in [0, 0.05) is 24.6 Å². The molecule has 0 radical (unpaired) electrons. The van der Waals surface area contributed by atoms with Gasteiger partial charge < -0.3 is 20.5 Å². The molecule has 2 amide bonds. The zero-order chi connectivity index (χ0) is 25.9. The van der Waals surface area contributed by atoms with Gasteiger partial charge in [-0.25, -0.2) is 0 Å². The Hall–Kier alpha value is -3.80. The number of hydrogen-bond acceptors (Lipinski definition) is 4. The van der Waals surface area contributed by atoms with Crippen molar-refractivity contribution >= 4 is 11.8 Å². The summed E-state index contributed by atoms with van der Waals surface area (Å²) < 4.78 is 11.8. The van der Waals surface area contributed by atoms with Gasteiger partial charge >= 0.3 is 0 Å². The van der Waals surface area contributed by atoms with Crippen LogP contribution in [0.5, 0.6) is 11.5 Å². The molecule has 0 spiro atoms. The molecule has 0 saturated carbocycles.